The van der Waals surface area contributed by atoms with E-state index < -0.39 is 0 Å². The van der Waals surface area contributed by atoms with Crippen molar-refractivity contribution in [1.82, 2.24) is 10.6 Å². The minimum Gasteiger partial charge on any atom is -0.493 e. The normalized spacial score (nSPS) is 19.5. The van der Waals surface area contributed by atoms with Crippen molar-refractivity contribution >= 4 is 5.91 Å². The first-order valence-corrected chi connectivity index (χ1v) is 8.53. The van der Waals surface area contributed by atoms with Crippen molar-refractivity contribution in [3.63, 3.8) is 0 Å². The lowest BCUT2D eigenvalue weighted by Crippen LogP contribution is -2.48. The van der Waals surface area contributed by atoms with Gasteiger partial charge in [-0.05, 0) is 43.0 Å². The molecule has 1 saturated heterocycles. The minimum atomic E-state index is 0.00531. The van der Waals surface area contributed by atoms with Gasteiger partial charge in [-0.1, -0.05) is 19.3 Å². The molecule has 1 heterocycles. The first kappa shape index (κ1) is 15.3. The second-order valence-corrected chi connectivity index (χ2v) is 6.57. The van der Waals surface area contributed by atoms with Crippen molar-refractivity contribution in [3.05, 3.63) is 29.8 Å². The smallest absolute Gasteiger partial charge is 0.251 e. The van der Waals surface area contributed by atoms with Gasteiger partial charge in [-0.3, -0.25) is 4.79 Å². The molecule has 0 atom stereocenters. The Labute approximate surface area is 132 Å². The van der Waals surface area contributed by atoms with Gasteiger partial charge in [0.2, 0.25) is 0 Å². The Morgan fingerprint density at radius 2 is 1.82 bits per heavy atom. The van der Waals surface area contributed by atoms with Gasteiger partial charge in [-0.25, -0.2) is 0 Å². The van der Waals surface area contributed by atoms with Crippen LogP contribution in [0.4, 0.5) is 0 Å². The zero-order chi connectivity index (χ0) is 15.2. The summed E-state index contributed by atoms with van der Waals surface area (Å²) in [5.41, 5.74) is 0.706. The molecular weight excluding hydrogens is 276 g/mol. The largest absolute Gasteiger partial charge is 0.493 e. The third-order valence-electron chi connectivity index (χ3n) is 4.74. The van der Waals surface area contributed by atoms with Crippen LogP contribution in [-0.2, 0) is 0 Å². The van der Waals surface area contributed by atoms with Crippen LogP contribution in [0, 0.1) is 11.8 Å². The number of ether oxygens (including phenoxy) is 1. The van der Waals surface area contributed by atoms with E-state index in [1.165, 1.54) is 32.1 Å². The molecule has 1 aliphatic carbocycles. The van der Waals surface area contributed by atoms with Gasteiger partial charge in [0.1, 0.15) is 5.75 Å². The molecule has 2 aliphatic rings. The third-order valence-corrected chi connectivity index (χ3v) is 4.74. The van der Waals surface area contributed by atoms with E-state index in [4.69, 9.17) is 4.74 Å². The summed E-state index contributed by atoms with van der Waals surface area (Å²) in [6.07, 6.45) is 6.62. The van der Waals surface area contributed by atoms with Crippen LogP contribution >= 0.6 is 0 Å². The van der Waals surface area contributed by atoms with Gasteiger partial charge in [0.25, 0.3) is 5.91 Å². The van der Waals surface area contributed by atoms with Crippen molar-refractivity contribution < 1.29 is 9.53 Å². The highest BCUT2D eigenvalue weighted by Crippen LogP contribution is 2.24. The maximum absolute atomic E-state index is 12.0. The fraction of sp³-hybridized carbons (Fsp3) is 0.611. The van der Waals surface area contributed by atoms with Crippen LogP contribution in [0.2, 0.25) is 0 Å². The number of rotatable bonds is 6. The molecule has 1 aliphatic heterocycles. The maximum atomic E-state index is 12.0. The Morgan fingerprint density at radius 1 is 1.09 bits per heavy atom. The van der Waals surface area contributed by atoms with E-state index in [1.54, 1.807) is 0 Å². The Balaban J connectivity index is 1.43. The molecule has 1 aromatic carbocycles. The lowest BCUT2D eigenvalue weighted by Gasteiger charge is -2.27. The topological polar surface area (TPSA) is 50.4 Å². The molecule has 0 unspecified atom stereocenters. The van der Waals surface area contributed by atoms with Gasteiger partial charge in [0.15, 0.2) is 0 Å². The third kappa shape index (κ3) is 4.23. The number of amides is 1. The Hall–Kier alpha value is -1.55. The van der Waals surface area contributed by atoms with Gasteiger partial charge >= 0.3 is 0 Å². The highest BCUT2D eigenvalue weighted by atomic mass is 16.5. The molecule has 120 valence electrons. The highest BCUT2D eigenvalue weighted by Gasteiger charge is 2.17. The van der Waals surface area contributed by atoms with Gasteiger partial charge in [-0.2, -0.15) is 0 Å². The summed E-state index contributed by atoms with van der Waals surface area (Å²) in [6.45, 7) is 3.58. The van der Waals surface area contributed by atoms with Crippen LogP contribution in [0.1, 0.15) is 42.5 Å². The summed E-state index contributed by atoms with van der Waals surface area (Å²) in [5.74, 6) is 2.16. The molecule has 0 spiro atoms. The molecule has 4 heteroatoms. The van der Waals surface area contributed by atoms with Crippen molar-refractivity contribution in [2.24, 2.45) is 11.8 Å². The lowest BCUT2D eigenvalue weighted by molar-refractivity contribution is 0.0942. The van der Waals surface area contributed by atoms with Gasteiger partial charge < -0.3 is 15.4 Å². The monoisotopic (exact) mass is 302 g/mol. The van der Waals surface area contributed by atoms with Gasteiger partial charge in [0.05, 0.1) is 6.61 Å². The highest BCUT2D eigenvalue weighted by molar-refractivity contribution is 5.94. The Kier molecular flexibility index (Phi) is 5.33. The number of carbonyl (C=O) groups is 1. The van der Waals surface area contributed by atoms with E-state index in [-0.39, 0.29) is 5.91 Å². The van der Waals surface area contributed by atoms with Crippen molar-refractivity contribution in [2.75, 3.05) is 26.2 Å². The second kappa shape index (κ2) is 7.63. The molecule has 4 nitrogen and oxygen atoms in total. The summed E-state index contributed by atoms with van der Waals surface area (Å²) in [6, 6.07) is 7.51. The Morgan fingerprint density at radius 3 is 2.45 bits per heavy atom. The molecule has 1 aromatic rings. The van der Waals surface area contributed by atoms with Crippen LogP contribution in [0.3, 0.4) is 0 Å². The van der Waals surface area contributed by atoms with Crippen molar-refractivity contribution in [2.45, 2.75) is 32.1 Å². The maximum Gasteiger partial charge on any atom is 0.251 e. The van der Waals surface area contributed by atoms with Crippen molar-refractivity contribution in [3.8, 4) is 5.75 Å². The predicted molar refractivity (Wildman–Crippen MR) is 87.2 cm³/mol. The number of benzene rings is 1. The number of nitrogens with one attached hydrogen (secondary N) is 2. The molecule has 22 heavy (non-hydrogen) atoms. The zero-order valence-electron chi connectivity index (χ0n) is 13.1. The number of hydrogen-bond acceptors (Lipinski definition) is 3. The molecule has 0 bridgehead atoms. The standard InChI is InChI=1S/C18H26N2O2/c21-18(20-12-15-10-19-11-15)16-6-8-17(9-7-16)22-13-14-4-2-1-3-5-14/h6-9,14-15,19H,1-5,10-13H2,(H,20,21). The first-order valence-electron chi connectivity index (χ1n) is 8.53. The fourth-order valence-electron chi connectivity index (χ4n) is 3.10. The van der Waals surface area contributed by atoms with E-state index in [1.807, 2.05) is 24.3 Å². The zero-order valence-corrected chi connectivity index (χ0v) is 13.1. The summed E-state index contributed by atoms with van der Waals surface area (Å²) in [5, 5.41) is 6.19. The molecule has 0 aromatic heterocycles. The molecule has 1 saturated carbocycles. The average molecular weight is 302 g/mol. The molecule has 2 fully saturated rings. The second-order valence-electron chi connectivity index (χ2n) is 6.57. The van der Waals surface area contributed by atoms with E-state index in [0.29, 0.717) is 17.4 Å². The minimum absolute atomic E-state index is 0.00531. The molecule has 3 rings (SSSR count). The fourth-order valence-corrected chi connectivity index (χ4v) is 3.10. The first-order chi connectivity index (χ1) is 10.8. The summed E-state index contributed by atoms with van der Waals surface area (Å²) in [4.78, 5) is 12.0. The van der Waals surface area contributed by atoms with Crippen molar-refractivity contribution in [1.29, 1.82) is 0 Å². The SMILES string of the molecule is O=C(NCC1CNC1)c1ccc(OCC2CCCCC2)cc1. The quantitative estimate of drug-likeness (QED) is 0.849. The molecule has 2 N–H and O–H groups in total. The molecular formula is C18H26N2O2. The van der Waals surface area contributed by atoms with E-state index in [2.05, 4.69) is 10.6 Å². The van der Waals surface area contributed by atoms with E-state index >= 15 is 0 Å². The predicted octanol–water partition coefficient (Wildman–Crippen LogP) is 2.59. The summed E-state index contributed by atoms with van der Waals surface area (Å²) < 4.78 is 5.86. The molecule has 1 amide bonds. The van der Waals surface area contributed by atoms with Gasteiger partial charge in [-0.15, -0.1) is 0 Å². The molecule has 0 radical (unpaired) electrons. The van der Waals surface area contributed by atoms with Crippen LogP contribution in [-0.4, -0.2) is 32.1 Å². The average Bonchev–Trinajstić information content (AvgIpc) is 2.53. The van der Waals surface area contributed by atoms with Crippen LogP contribution < -0.4 is 15.4 Å². The lowest BCUT2D eigenvalue weighted by atomic mass is 9.90. The number of hydrogen-bond donors (Lipinski definition) is 2. The van der Waals surface area contributed by atoms with E-state index in [0.717, 1.165) is 32.0 Å². The van der Waals surface area contributed by atoms with Crippen LogP contribution in [0.5, 0.6) is 5.75 Å². The van der Waals surface area contributed by atoms with Crippen LogP contribution in [0.25, 0.3) is 0 Å². The Bertz CT molecular complexity index is 476. The summed E-state index contributed by atoms with van der Waals surface area (Å²) >= 11 is 0. The number of carbonyl (C=O) groups excluding carboxylic acids is 1. The van der Waals surface area contributed by atoms with Crippen LogP contribution in [0.15, 0.2) is 24.3 Å². The van der Waals surface area contributed by atoms with E-state index in [9.17, 15) is 4.79 Å². The van der Waals surface area contributed by atoms with Gasteiger partial charge in [0, 0.05) is 31.1 Å². The summed E-state index contributed by atoms with van der Waals surface area (Å²) in [7, 11) is 0.